The molecule has 134 valence electrons. The fourth-order valence-corrected chi connectivity index (χ4v) is 4.55. The third kappa shape index (κ3) is 2.67. The first kappa shape index (κ1) is 17.3. The van der Waals surface area contributed by atoms with Crippen LogP contribution in [0.25, 0.3) is 32.3 Å². The minimum atomic E-state index is 1.18. The molecule has 0 nitrogen and oxygen atoms in total. The molecule has 0 aliphatic heterocycles. The maximum absolute atomic E-state index is 2.49. The lowest BCUT2D eigenvalue weighted by molar-refractivity contribution is 0.799. The zero-order valence-electron chi connectivity index (χ0n) is 16.7. The molecule has 0 unspecified atom stereocenters. The normalized spacial score (nSPS) is 12.0. The second-order valence-corrected chi connectivity index (χ2v) is 7.98. The molecule has 0 bridgehead atoms. The van der Waals surface area contributed by atoms with E-state index in [1.807, 2.05) is 0 Å². The van der Waals surface area contributed by atoms with Gasteiger partial charge in [-0.3, -0.25) is 0 Å². The minimum absolute atomic E-state index is 1.18. The molecule has 0 aliphatic carbocycles. The summed E-state index contributed by atoms with van der Waals surface area (Å²) in [6.45, 7) is 9.12. The lowest BCUT2D eigenvalue weighted by Crippen LogP contribution is -1.97. The summed E-state index contributed by atoms with van der Waals surface area (Å²) in [6.07, 6.45) is 7.39. The third-order valence-electron chi connectivity index (χ3n) is 6.11. The maximum atomic E-state index is 2.49. The van der Waals surface area contributed by atoms with E-state index in [0.717, 1.165) is 0 Å². The highest BCUT2D eigenvalue weighted by atomic mass is 14.2. The first-order valence-electron chi connectivity index (χ1n) is 10.3. The van der Waals surface area contributed by atoms with Crippen molar-refractivity contribution in [3.05, 3.63) is 58.7 Å². The molecular weight excluding hydrogens is 312 g/mol. The zero-order valence-corrected chi connectivity index (χ0v) is 16.7. The molecule has 0 atom stereocenters. The van der Waals surface area contributed by atoms with Gasteiger partial charge in [0.25, 0.3) is 0 Å². The number of benzene rings is 4. The molecule has 0 aromatic heterocycles. The summed E-state index contributed by atoms with van der Waals surface area (Å²) in [6, 6.07) is 14.4. The van der Waals surface area contributed by atoms with E-state index >= 15 is 0 Å². The van der Waals surface area contributed by atoms with Crippen LogP contribution in [0.4, 0.5) is 0 Å². The molecule has 26 heavy (non-hydrogen) atoms. The zero-order chi connectivity index (χ0) is 18.3. The lowest BCUT2D eigenvalue weighted by atomic mass is 9.84. The van der Waals surface area contributed by atoms with Crippen LogP contribution in [-0.2, 0) is 12.8 Å². The molecule has 0 spiro atoms. The Bertz CT molecular complexity index is 980. The van der Waals surface area contributed by atoms with Crippen LogP contribution in [0.15, 0.2) is 36.4 Å². The van der Waals surface area contributed by atoms with E-state index in [0.29, 0.717) is 0 Å². The Hall–Kier alpha value is -2.08. The van der Waals surface area contributed by atoms with Crippen molar-refractivity contribution in [2.75, 3.05) is 0 Å². The average Bonchev–Trinajstić information content (AvgIpc) is 2.65. The van der Waals surface area contributed by atoms with E-state index in [1.54, 1.807) is 0 Å². The Labute approximate surface area is 157 Å². The SMILES string of the molecule is CCCCc1cc2c(C)ccc3c(CCCC)cc4c(C)ccc1c4c23. The van der Waals surface area contributed by atoms with Crippen molar-refractivity contribution in [3.8, 4) is 0 Å². The van der Waals surface area contributed by atoms with Crippen molar-refractivity contribution in [1.82, 2.24) is 0 Å². The summed E-state index contributed by atoms with van der Waals surface area (Å²) in [5.74, 6) is 0. The number of unbranched alkanes of at least 4 members (excludes halogenated alkanes) is 2. The van der Waals surface area contributed by atoms with E-state index < -0.39 is 0 Å². The van der Waals surface area contributed by atoms with Crippen LogP contribution in [-0.4, -0.2) is 0 Å². The standard InChI is InChI=1S/C26H30/c1-5-7-9-19-15-23-17(3)12-14-22-20(10-8-6-2)16-24-18(4)11-13-21(19)25(24)26(22)23/h11-16H,5-10H2,1-4H3. The van der Waals surface area contributed by atoms with Gasteiger partial charge in [0.1, 0.15) is 0 Å². The van der Waals surface area contributed by atoms with Gasteiger partial charge in [0.05, 0.1) is 0 Å². The van der Waals surface area contributed by atoms with E-state index in [-0.39, 0.29) is 0 Å². The molecule has 0 fully saturated rings. The van der Waals surface area contributed by atoms with Crippen molar-refractivity contribution in [3.63, 3.8) is 0 Å². The topological polar surface area (TPSA) is 0 Å². The Morgan fingerprint density at radius 2 is 1.00 bits per heavy atom. The molecule has 0 amide bonds. The van der Waals surface area contributed by atoms with Gasteiger partial charge in [-0.15, -0.1) is 0 Å². The molecule has 4 aromatic rings. The molecule has 0 aliphatic rings. The molecule has 0 heteroatoms. The van der Waals surface area contributed by atoms with E-state index in [2.05, 4.69) is 64.1 Å². The average molecular weight is 343 g/mol. The number of rotatable bonds is 6. The van der Waals surface area contributed by atoms with Crippen molar-refractivity contribution in [1.29, 1.82) is 0 Å². The smallest absolute Gasteiger partial charge is 0.00211 e. The van der Waals surface area contributed by atoms with Crippen LogP contribution in [0.1, 0.15) is 61.8 Å². The fourth-order valence-electron chi connectivity index (χ4n) is 4.55. The van der Waals surface area contributed by atoms with Gasteiger partial charge in [-0.1, -0.05) is 63.1 Å². The predicted molar refractivity (Wildman–Crippen MR) is 117 cm³/mol. The lowest BCUT2D eigenvalue weighted by Gasteiger charge is -2.20. The van der Waals surface area contributed by atoms with E-state index in [9.17, 15) is 0 Å². The van der Waals surface area contributed by atoms with Gasteiger partial charge >= 0.3 is 0 Å². The van der Waals surface area contributed by atoms with E-state index in [1.165, 1.54) is 93.1 Å². The summed E-state index contributed by atoms with van der Waals surface area (Å²) in [4.78, 5) is 0. The highest BCUT2D eigenvalue weighted by Gasteiger charge is 2.16. The van der Waals surface area contributed by atoms with Crippen molar-refractivity contribution < 1.29 is 0 Å². The second-order valence-electron chi connectivity index (χ2n) is 7.98. The summed E-state index contributed by atoms with van der Waals surface area (Å²) in [5, 5.41) is 8.90. The van der Waals surface area contributed by atoms with Gasteiger partial charge in [-0.25, -0.2) is 0 Å². The molecule has 0 saturated carbocycles. The molecule has 0 saturated heterocycles. The quantitative estimate of drug-likeness (QED) is 0.312. The van der Waals surface area contributed by atoms with Crippen LogP contribution in [0.5, 0.6) is 0 Å². The summed E-state index contributed by atoms with van der Waals surface area (Å²) >= 11 is 0. The van der Waals surface area contributed by atoms with Crippen molar-refractivity contribution in [2.24, 2.45) is 0 Å². The van der Waals surface area contributed by atoms with Gasteiger partial charge < -0.3 is 0 Å². The monoisotopic (exact) mass is 342 g/mol. The summed E-state index contributed by atoms with van der Waals surface area (Å²) < 4.78 is 0. The van der Waals surface area contributed by atoms with Gasteiger partial charge in [-0.2, -0.15) is 0 Å². The number of hydrogen-bond acceptors (Lipinski definition) is 0. The third-order valence-corrected chi connectivity index (χ3v) is 6.11. The molecule has 0 N–H and O–H groups in total. The number of hydrogen-bond donors (Lipinski definition) is 0. The molecule has 0 radical (unpaired) electrons. The van der Waals surface area contributed by atoms with Gasteiger partial charge in [0, 0.05) is 0 Å². The second kappa shape index (κ2) is 6.91. The minimum Gasteiger partial charge on any atom is -0.0654 e. The van der Waals surface area contributed by atoms with Crippen LogP contribution in [0.3, 0.4) is 0 Å². The van der Waals surface area contributed by atoms with Gasteiger partial charge in [0.2, 0.25) is 0 Å². The highest BCUT2D eigenvalue weighted by molar-refractivity contribution is 6.25. The first-order valence-corrected chi connectivity index (χ1v) is 10.3. The van der Waals surface area contributed by atoms with Crippen molar-refractivity contribution in [2.45, 2.75) is 66.2 Å². The van der Waals surface area contributed by atoms with Crippen LogP contribution >= 0.6 is 0 Å². The van der Waals surface area contributed by atoms with Crippen molar-refractivity contribution >= 4 is 32.3 Å². The Balaban J connectivity index is 2.15. The number of aryl methyl sites for hydroxylation is 4. The molecular formula is C26H30. The predicted octanol–water partition coefficient (Wildman–Crippen LogP) is 7.89. The molecule has 0 heterocycles. The van der Waals surface area contributed by atoms with E-state index in [4.69, 9.17) is 0 Å². The maximum Gasteiger partial charge on any atom is -0.00211 e. The molecule has 4 aromatic carbocycles. The van der Waals surface area contributed by atoms with Crippen LogP contribution in [0, 0.1) is 13.8 Å². The Kier molecular flexibility index (Phi) is 4.61. The van der Waals surface area contributed by atoms with Crippen LogP contribution < -0.4 is 0 Å². The van der Waals surface area contributed by atoms with Gasteiger partial charge in [0.15, 0.2) is 0 Å². The summed E-state index contributed by atoms with van der Waals surface area (Å²) in [7, 11) is 0. The molecule has 4 rings (SSSR count). The van der Waals surface area contributed by atoms with Crippen LogP contribution in [0.2, 0.25) is 0 Å². The largest absolute Gasteiger partial charge is 0.0654 e. The fraction of sp³-hybridized carbons (Fsp3) is 0.385. The Morgan fingerprint density at radius 1 is 0.577 bits per heavy atom. The first-order chi connectivity index (χ1) is 12.7. The van der Waals surface area contributed by atoms with Gasteiger partial charge in [-0.05, 0) is 94.1 Å². The summed E-state index contributed by atoms with van der Waals surface area (Å²) in [5.41, 5.74) is 5.88. The Morgan fingerprint density at radius 3 is 1.38 bits per heavy atom. The highest BCUT2D eigenvalue weighted by Crippen LogP contribution is 2.41.